The van der Waals surface area contributed by atoms with Gasteiger partial charge in [0.05, 0.1) is 6.42 Å². The molecule has 0 aromatic heterocycles. The molecule has 7 heteroatoms. The Labute approximate surface area is 148 Å². The Morgan fingerprint density at radius 2 is 1.62 bits per heavy atom. The molecule has 0 saturated carbocycles. The lowest BCUT2D eigenvalue weighted by Gasteiger charge is -2.18. The number of hydrogen-bond acceptors (Lipinski definition) is 2. The molecule has 0 fully saturated rings. The van der Waals surface area contributed by atoms with E-state index in [4.69, 9.17) is 28.3 Å². The fourth-order valence-corrected chi connectivity index (χ4v) is 3.06. The molecule has 0 spiro atoms. The molecule has 1 amide bonds. The summed E-state index contributed by atoms with van der Waals surface area (Å²) in [5, 5.41) is 12.3. The number of carboxylic acid groups (broad SMARTS) is 1. The van der Waals surface area contributed by atoms with Crippen LogP contribution in [-0.2, 0) is 9.59 Å². The highest BCUT2D eigenvalue weighted by atomic mass is 35.5. The standard InChI is InChI=1S/C17H14Cl2FNO3/c18-13-2-1-3-14(19)17(13)10(9-16(23)24)8-15(22)21-12-6-4-11(20)5-7-12/h1-7,10H,8-9H2,(H,21,22)(H,23,24)/t10-/m1/s1. The summed E-state index contributed by atoms with van der Waals surface area (Å²) in [6, 6.07) is 10.1. The molecule has 0 aliphatic heterocycles. The van der Waals surface area contributed by atoms with Gasteiger partial charge in [-0.25, -0.2) is 4.39 Å². The number of amides is 1. The molecule has 0 saturated heterocycles. The van der Waals surface area contributed by atoms with Gasteiger partial charge in [0.2, 0.25) is 5.91 Å². The molecule has 2 aromatic carbocycles. The first-order valence-corrected chi connectivity index (χ1v) is 7.83. The van der Waals surface area contributed by atoms with Crippen LogP contribution in [0.1, 0.15) is 24.3 Å². The maximum absolute atomic E-state index is 12.9. The summed E-state index contributed by atoms with van der Waals surface area (Å²) in [7, 11) is 0. The average Bonchev–Trinajstić information content (AvgIpc) is 2.48. The Hall–Kier alpha value is -2.11. The molecule has 0 unspecified atom stereocenters. The highest BCUT2D eigenvalue weighted by molar-refractivity contribution is 6.36. The first-order valence-electron chi connectivity index (χ1n) is 7.08. The molecule has 0 radical (unpaired) electrons. The van der Waals surface area contributed by atoms with Crippen molar-refractivity contribution in [2.75, 3.05) is 5.32 Å². The zero-order chi connectivity index (χ0) is 17.7. The van der Waals surface area contributed by atoms with Crippen molar-refractivity contribution < 1.29 is 19.1 Å². The van der Waals surface area contributed by atoms with E-state index in [0.29, 0.717) is 21.3 Å². The van der Waals surface area contributed by atoms with Gasteiger partial charge in [-0.3, -0.25) is 9.59 Å². The van der Waals surface area contributed by atoms with Crippen molar-refractivity contribution in [2.45, 2.75) is 18.8 Å². The third kappa shape index (κ3) is 4.94. The summed E-state index contributed by atoms with van der Waals surface area (Å²) in [6.07, 6.45) is -0.409. The van der Waals surface area contributed by atoms with Crippen LogP contribution < -0.4 is 5.32 Å². The van der Waals surface area contributed by atoms with Crippen LogP contribution in [0.2, 0.25) is 10.0 Å². The van der Waals surface area contributed by atoms with E-state index in [-0.39, 0.29) is 12.8 Å². The predicted molar refractivity (Wildman–Crippen MR) is 91.1 cm³/mol. The number of hydrogen-bond donors (Lipinski definition) is 2. The van der Waals surface area contributed by atoms with Crippen molar-refractivity contribution in [2.24, 2.45) is 0 Å². The van der Waals surface area contributed by atoms with Crippen molar-refractivity contribution in [3.63, 3.8) is 0 Å². The second-order valence-electron chi connectivity index (χ2n) is 5.19. The minimum Gasteiger partial charge on any atom is -0.481 e. The zero-order valence-electron chi connectivity index (χ0n) is 12.4. The number of benzene rings is 2. The van der Waals surface area contributed by atoms with Crippen LogP contribution in [0.5, 0.6) is 0 Å². The first-order chi connectivity index (χ1) is 11.4. The lowest BCUT2D eigenvalue weighted by Crippen LogP contribution is -2.18. The van der Waals surface area contributed by atoms with Crippen molar-refractivity contribution >= 4 is 40.8 Å². The fourth-order valence-electron chi connectivity index (χ4n) is 2.36. The number of carboxylic acids is 1. The molecule has 24 heavy (non-hydrogen) atoms. The summed E-state index contributed by atoms with van der Waals surface area (Å²) >= 11 is 12.2. The van der Waals surface area contributed by atoms with Crippen LogP contribution in [0.3, 0.4) is 0 Å². The summed E-state index contributed by atoms with van der Waals surface area (Å²) in [5.41, 5.74) is 0.846. The number of carbonyl (C=O) groups is 2. The van der Waals surface area contributed by atoms with Gasteiger partial charge in [0.25, 0.3) is 0 Å². The number of rotatable bonds is 6. The van der Waals surface area contributed by atoms with Crippen molar-refractivity contribution in [3.8, 4) is 0 Å². The smallest absolute Gasteiger partial charge is 0.303 e. The van der Waals surface area contributed by atoms with Gasteiger partial charge in [-0.05, 0) is 42.0 Å². The van der Waals surface area contributed by atoms with Gasteiger partial charge in [0, 0.05) is 28.1 Å². The molecule has 0 bridgehead atoms. The van der Waals surface area contributed by atoms with E-state index >= 15 is 0 Å². The van der Waals surface area contributed by atoms with E-state index in [1.807, 2.05) is 0 Å². The Bertz CT molecular complexity index is 730. The van der Waals surface area contributed by atoms with Gasteiger partial charge in [-0.2, -0.15) is 0 Å². The van der Waals surface area contributed by atoms with Crippen molar-refractivity contribution in [3.05, 3.63) is 63.9 Å². The lowest BCUT2D eigenvalue weighted by molar-refractivity contribution is -0.137. The van der Waals surface area contributed by atoms with Gasteiger partial charge in [-0.15, -0.1) is 0 Å². The summed E-state index contributed by atoms with van der Waals surface area (Å²) in [5.74, 6) is -2.57. The highest BCUT2D eigenvalue weighted by Crippen LogP contribution is 2.35. The molecule has 126 valence electrons. The Balaban J connectivity index is 2.18. The molecule has 0 heterocycles. The number of nitrogens with one attached hydrogen (secondary N) is 1. The van der Waals surface area contributed by atoms with E-state index in [9.17, 15) is 14.0 Å². The maximum atomic E-state index is 12.9. The topological polar surface area (TPSA) is 66.4 Å². The lowest BCUT2D eigenvalue weighted by atomic mass is 9.92. The van der Waals surface area contributed by atoms with Crippen molar-refractivity contribution in [1.82, 2.24) is 0 Å². The monoisotopic (exact) mass is 369 g/mol. The van der Waals surface area contributed by atoms with Crippen LogP contribution in [0, 0.1) is 5.82 Å². The SMILES string of the molecule is O=C(O)C[C@@H](CC(=O)Nc1ccc(F)cc1)c1c(Cl)cccc1Cl. The molecule has 0 aliphatic rings. The number of carbonyl (C=O) groups excluding carboxylic acids is 1. The average molecular weight is 370 g/mol. The largest absolute Gasteiger partial charge is 0.481 e. The second kappa shape index (κ2) is 8.13. The molecule has 2 N–H and O–H groups in total. The van der Waals surface area contributed by atoms with E-state index in [0.717, 1.165) is 0 Å². The van der Waals surface area contributed by atoms with E-state index < -0.39 is 23.6 Å². The number of aliphatic carboxylic acids is 1. The van der Waals surface area contributed by atoms with Crippen molar-refractivity contribution in [1.29, 1.82) is 0 Å². The van der Waals surface area contributed by atoms with Gasteiger partial charge in [-0.1, -0.05) is 29.3 Å². The van der Waals surface area contributed by atoms with Gasteiger partial charge < -0.3 is 10.4 Å². The number of anilines is 1. The van der Waals surface area contributed by atoms with E-state index in [2.05, 4.69) is 5.32 Å². The zero-order valence-corrected chi connectivity index (χ0v) is 13.9. The minimum absolute atomic E-state index is 0.118. The minimum atomic E-state index is -1.06. The van der Waals surface area contributed by atoms with Crippen LogP contribution in [0.15, 0.2) is 42.5 Å². The fraction of sp³-hybridized carbons (Fsp3) is 0.176. The van der Waals surface area contributed by atoms with E-state index in [1.165, 1.54) is 24.3 Å². The molecule has 2 rings (SSSR count). The highest BCUT2D eigenvalue weighted by Gasteiger charge is 2.24. The molecular weight excluding hydrogens is 356 g/mol. The predicted octanol–water partition coefficient (Wildman–Crippen LogP) is 4.72. The van der Waals surface area contributed by atoms with Crippen LogP contribution in [0.25, 0.3) is 0 Å². The molecule has 1 atom stereocenters. The third-order valence-electron chi connectivity index (χ3n) is 3.39. The first kappa shape index (κ1) is 18.2. The molecule has 0 aliphatic carbocycles. The Morgan fingerprint density at radius 1 is 1.04 bits per heavy atom. The van der Waals surface area contributed by atoms with Gasteiger partial charge in [0.1, 0.15) is 5.82 Å². The second-order valence-corrected chi connectivity index (χ2v) is 6.00. The normalized spacial score (nSPS) is 11.8. The Morgan fingerprint density at radius 3 is 2.17 bits per heavy atom. The van der Waals surface area contributed by atoms with Gasteiger partial charge >= 0.3 is 5.97 Å². The summed E-state index contributed by atoms with van der Waals surface area (Å²) < 4.78 is 12.9. The number of halogens is 3. The summed E-state index contributed by atoms with van der Waals surface area (Å²) in [6.45, 7) is 0. The molecule has 4 nitrogen and oxygen atoms in total. The van der Waals surface area contributed by atoms with Crippen LogP contribution >= 0.6 is 23.2 Å². The van der Waals surface area contributed by atoms with Crippen LogP contribution in [0.4, 0.5) is 10.1 Å². The quantitative estimate of drug-likeness (QED) is 0.773. The third-order valence-corrected chi connectivity index (χ3v) is 4.05. The molecular formula is C17H14Cl2FNO3. The van der Waals surface area contributed by atoms with E-state index in [1.54, 1.807) is 18.2 Å². The molecule has 2 aromatic rings. The van der Waals surface area contributed by atoms with Gasteiger partial charge in [0.15, 0.2) is 0 Å². The Kier molecular flexibility index (Phi) is 6.17. The van der Waals surface area contributed by atoms with Crippen LogP contribution in [-0.4, -0.2) is 17.0 Å². The maximum Gasteiger partial charge on any atom is 0.303 e. The summed E-state index contributed by atoms with van der Waals surface area (Å²) in [4.78, 5) is 23.3.